The van der Waals surface area contributed by atoms with Gasteiger partial charge < -0.3 is 0 Å². The molecule has 2 aliphatic carbocycles. The number of allylic oxidation sites excluding steroid dienone is 1. The fraction of sp³-hybridized carbons (Fsp3) is 0.571. The summed E-state index contributed by atoms with van der Waals surface area (Å²) in [7, 11) is 0. The summed E-state index contributed by atoms with van der Waals surface area (Å²) in [6.45, 7) is 6.01. The SMILES string of the molecule is C=CCCc1cc(F)c2c(F)c(C3CCC4CC(CCCC)CCC4C3)ccc2c1. The lowest BCUT2D eigenvalue weighted by Gasteiger charge is -2.42. The molecule has 0 nitrogen and oxygen atoms in total. The van der Waals surface area contributed by atoms with Gasteiger partial charge in [-0.1, -0.05) is 56.9 Å². The maximum Gasteiger partial charge on any atom is 0.137 e. The van der Waals surface area contributed by atoms with Gasteiger partial charge in [0.25, 0.3) is 0 Å². The highest BCUT2D eigenvalue weighted by Gasteiger charge is 2.36. The van der Waals surface area contributed by atoms with Gasteiger partial charge in [-0.15, -0.1) is 6.58 Å². The minimum absolute atomic E-state index is 0.181. The van der Waals surface area contributed by atoms with Gasteiger partial charge in [0, 0.05) is 0 Å². The van der Waals surface area contributed by atoms with Crippen molar-refractivity contribution in [1.29, 1.82) is 0 Å². The van der Waals surface area contributed by atoms with Crippen molar-refractivity contribution in [3.8, 4) is 0 Å². The average molecular weight is 411 g/mol. The first-order chi connectivity index (χ1) is 14.6. The van der Waals surface area contributed by atoms with E-state index in [0.29, 0.717) is 5.39 Å². The zero-order valence-electron chi connectivity index (χ0n) is 18.4. The molecule has 0 N–H and O–H groups in total. The van der Waals surface area contributed by atoms with Crippen molar-refractivity contribution in [2.75, 3.05) is 0 Å². The second-order valence-corrected chi connectivity index (χ2v) is 9.82. The van der Waals surface area contributed by atoms with Crippen LogP contribution >= 0.6 is 0 Å². The van der Waals surface area contributed by atoms with Gasteiger partial charge in [-0.3, -0.25) is 0 Å². The van der Waals surface area contributed by atoms with Crippen molar-refractivity contribution in [1.82, 2.24) is 0 Å². The molecule has 0 bridgehead atoms. The third kappa shape index (κ3) is 4.48. The summed E-state index contributed by atoms with van der Waals surface area (Å²) in [6.07, 6.45) is 14.7. The van der Waals surface area contributed by atoms with Crippen LogP contribution in [0.5, 0.6) is 0 Å². The van der Waals surface area contributed by atoms with Crippen molar-refractivity contribution >= 4 is 10.8 Å². The highest BCUT2D eigenvalue weighted by molar-refractivity contribution is 5.85. The normalized spacial score (nSPS) is 26.5. The molecule has 162 valence electrons. The molecular formula is C28H36F2. The lowest BCUT2D eigenvalue weighted by Crippen LogP contribution is -2.30. The smallest absolute Gasteiger partial charge is 0.137 e. The summed E-state index contributed by atoms with van der Waals surface area (Å²) < 4.78 is 30.3. The predicted octanol–water partition coefficient (Wildman–Crippen LogP) is 8.73. The molecule has 2 aromatic rings. The Balaban J connectivity index is 1.51. The molecule has 0 aromatic heterocycles. The Hall–Kier alpha value is -1.70. The molecule has 4 rings (SSSR count). The van der Waals surface area contributed by atoms with Gasteiger partial charge in [-0.25, -0.2) is 8.78 Å². The third-order valence-corrected chi connectivity index (χ3v) is 7.86. The first-order valence-corrected chi connectivity index (χ1v) is 12.1. The molecule has 4 unspecified atom stereocenters. The molecule has 30 heavy (non-hydrogen) atoms. The van der Waals surface area contributed by atoms with Crippen LogP contribution in [0.2, 0.25) is 0 Å². The number of benzene rings is 2. The predicted molar refractivity (Wildman–Crippen MR) is 123 cm³/mol. The van der Waals surface area contributed by atoms with Crippen LogP contribution in [0, 0.1) is 29.4 Å². The fourth-order valence-corrected chi connectivity index (χ4v) is 6.20. The maximum atomic E-state index is 15.5. The summed E-state index contributed by atoms with van der Waals surface area (Å²) in [5.74, 6) is 1.95. The summed E-state index contributed by atoms with van der Waals surface area (Å²) >= 11 is 0. The molecular weight excluding hydrogens is 374 g/mol. The molecule has 0 amide bonds. The topological polar surface area (TPSA) is 0 Å². The van der Waals surface area contributed by atoms with Crippen molar-refractivity contribution < 1.29 is 8.78 Å². The Morgan fingerprint density at radius 2 is 1.83 bits per heavy atom. The zero-order chi connectivity index (χ0) is 21.1. The molecule has 0 radical (unpaired) electrons. The molecule has 0 aliphatic heterocycles. The maximum absolute atomic E-state index is 15.5. The van der Waals surface area contributed by atoms with E-state index in [1.165, 1.54) is 51.0 Å². The second-order valence-electron chi connectivity index (χ2n) is 9.82. The molecule has 4 atom stereocenters. The van der Waals surface area contributed by atoms with E-state index < -0.39 is 5.82 Å². The standard InChI is InChI=1S/C28H36F2/c1-3-5-7-19-9-10-22-18-23(12-11-21(22)15-19)25-14-13-24-16-20(8-6-4-2)17-26(29)27(24)28(25)30/h4,13-14,16-17,19,21-23H,2-3,5-12,15,18H2,1H3. The number of hydrogen-bond donors (Lipinski definition) is 0. The Morgan fingerprint density at radius 3 is 2.63 bits per heavy atom. The van der Waals surface area contributed by atoms with E-state index in [9.17, 15) is 4.39 Å². The first kappa shape index (κ1) is 21.5. The van der Waals surface area contributed by atoms with Crippen molar-refractivity contribution in [2.24, 2.45) is 17.8 Å². The lowest BCUT2D eigenvalue weighted by atomic mass is 9.63. The van der Waals surface area contributed by atoms with Crippen LogP contribution in [0.1, 0.15) is 88.2 Å². The van der Waals surface area contributed by atoms with E-state index >= 15 is 4.39 Å². The number of unbranched alkanes of at least 4 members (excludes halogenated alkanes) is 1. The van der Waals surface area contributed by atoms with Gasteiger partial charge in [0.2, 0.25) is 0 Å². The molecule has 2 fully saturated rings. The molecule has 0 saturated heterocycles. The van der Waals surface area contributed by atoms with Gasteiger partial charge in [0.1, 0.15) is 11.6 Å². The van der Waals surface area contributed by atoms with E-state index in [1.807, 2.05) is 24.3 Å². The van der Waals surface area contributed by atoms with Crippen LogP contribution in [0.4, 0.5) is 8.78 Å². The minimum Gasteiger partial charge on any atom is -0.206 e. The number of fused-ring (bicyclic) bond motifs is 2. The molecule has 2 aliphatic rings. The molecule has 2 heteroatoms. The monoisotopic (exact) mass is 410 g/mol. The average Bonchev–Trinajstić information content (AvgIpc) is 2.75. The van der Waals surface area contributed by atoms with Gasteiger partial charge >= 0.3 is 0 Å². The van der Waals surface area contributed by atoms with Crippen molar-refractivity contribution in [3.05, 3.63) is 59.7 Å². The van der Waals surface area contributed by atoms with Crippen LogP contribution in [0.25, 0.3) is 10.8 Å². The summed E-state index contributed by atoms with van der Waals surface area (Å²) in [5, 5.41) is 0.862. The van der Waals surface area contributed by atoms with Gasteiger partial charge in [0.15, 0.2) is 0 Å². The number of aryl methyl sites for hydroxylation is 1. The Labute approximate surface area is 180 Å². The van der Waals surface area contributed by atoms with Crippen LogP contribution in [-0.4, -0.2) is 0 Å². The highest BCUT2D eigenvalue weighted by atomic mass is 19.1. The number of rotatable bonds is 7. The minimum atomic E-state index is -0.420. The van der Waals surface area contributed by atoms with Gasteiger partial charge in [-0.2, -0.15) is 0 Å². The Bertz CT molecular complexity index is 884. The summed E-state index contributed by atoms with van der Waals surface area (Å²) in [4.78, 5) is 0. The van der Waals surface area contributed by atoms with E-state index in [2.05, 4.69) is 13.5 Å². The van der Waals surface area contributed by atoms with E-state index in [-0.39, 0.29) is 17.1 Å². The molecule has 0 heterocycles. The quantitative estimate of drug-likeness (QED) is 0.400. The third-order valence-electron chi connectivity index (χ3n) is 7.86. The van der Waals surface area contributed by atoms with Crippen LogP contribution in [0.15, 0.2) is 36.9 Å². The van der Waals surface area contributed by atoms with Crippen molar-refractivity contribution in [2.45, 2.75) is 83.5 Å². The second kappa shape index (κ2) is 9.62. The fourth-order valence-electron chi connectivity index (χ4n) is 6.20. The van der Waals surface area contributed by atoms with Crippen LogP contribution in [0.3, 0.4) is 0 Å². The Morgan fingerprint density at radius 1 is 1.03 bits per heavy atom. The Kier molecular flexibility index (Phi) is 6.91. The number of halogens is 2. The first-order valence-electron chi connectivity index (χ1n) is 12.1. The molecule has 0 spiro atoms. The molecule has 2 saturated carbocycles. The largest absolute Gasteiger partial charge is 0.206 e. The highest BCUT2D eigenvalue weighted by Crippen LogP contribution is 2.49. The van der Waals surface area contributed by atoms with E-state index in [1.54, 1.807) is 0 Å². The van der Waals surface area contributed by atoms with Gasteiger partial charge in [0.05, 0.1) is 5.39 Å². The van der Waals surface area contributed by atoms with Gasteiger partial charge in [-0.05, 0) is 91.2 Å². The number of hydrogen-bond acceptors (Lipinski definition) is 0. The molecule has 2 aromatic carbocycles. The van der Waals surface area contributed by atoms with Crippen LogP contribution in [-0.2, 0) is 6.42 Å². The lowest BCUT2D eigenvalue weighted by molar-refractivity contribution is 0.113. The van der Waals surface area contributed by atoms with Crippen molar-refractivity contribution in [3.63, 3.8) is 0 Å². The van der Waals surface area contributed by atoms with E-state index in [0.717, 1.165) is 54.6 Å². The van der Waals surface area contributed by atoms with Crippen LogP contribution < -0.4 is 0 Å². The van der Waals surface area contributed by atoms with E-state index in [4.69, 9.17) is 0 Å². The zero-order valence-corrected chi connectivity index (χ0v) is 18.4. The summed E-state index contributed by atoms with van der Waals surface area (Å²) in [5.41, 5.74) is 1.65. The summed E-state index contributed by atoms with van der Waals surface area (Å²) in [6, 6.07) is 7.31.